The van der Waals surface area contributed by atoms with Gasteiger partial charge in [0.2, 0.25) is 11.8 Å². The first-order valence-corrected chi connectivity index (χ1v) is 16.1. The number of hydrogen-bond donors (Lipinski definition) is 2. The fourth-order valence-electron chi connectivity index (χ4n) is 6.37. The van der Waals surface area contributed by atoms with Crippen molar-refractivity contribution in [3.8, 4) is 5.75 Å². The highest BCUT2D eigenvalue weighted by atomic mass is 35.5. The summed E-state index contributed by atoms with van der Waals surface area (Å²) in [6.45, 7) is 0.588. The second-order valence-corrected chi connectivity index (χ2v) is 14.4. The van der Waals surface area contributed by atoms with E-state index in [1.807, 2.05) is 6.07 Å². The molecule has 4 unspecified atom stereocenters. The molecule has 3 heterocycles. The first-order valence-electron chi connectivity index (χ1n) is 13.0. The van der Waals surface area contributed by atoms with Crippen molar-refractivity contribution in [3.63, 3.8) is 0 Å². The van der Waals surface area contributed by atoms with Gasteiger partial charge < -0.3 is 15.5 Å². The van der Waals surface area contributed by atoms with Gasteiger partial charge in [-0.25, -0.2) is 8.42 Å². The Morgan fingerprint density at radius 2 is 1.71 bits per heavy atom. The van der Waals surface area contributed by atoms with E-state index >= 15 is 0 Å². The van der Waals surface area contributed by atoms with E-state index in [4.69, 9.17) is 39.6 Å². The molecule has 0 saturated carbocycles. The summed E-state index contributed by atoms with van der Waals surface area (Å²) in [6.07, 6.45) is 1.68. The minimum absolute atomic E-state index is 0.0330. The number of benzene rings is 3. The van der Waals surface area contributed by atoms with Crippen molar-refractivity contribution in [2.45, 2.75) is 35.5 Å². The molecule has 214 valence electrons. The van der Waals surface area contributed by atoms with Crippen LogP contribution < -0.4 is 15.5 Å². The van der Waals surface area contributed by atoms with Crippen LogP contribution in [0, 0.1) is 0 Å². The average Bonchev–Trinajstić information content (AvgIpc) is 3.49. The Balaban J connectivity index is 1.53. The zero-order chi connectivity index (χ0) is 29.1. The van der Waals surface area contributed by atoms with Crippen LogP contribution in [0.1, 0.15) is 41.5 Å². The van der Waals surface area contributed by atoms with Crippen LogP contribution in [-0.4, -0.2) is 49.9 Å². The van der Waals surface area contributed by atoms with Gasteiger partial charge in [-0.15, -0.1) is 5.06 Å². The first-order chi connectivity index (χ1) is 19.5. The van der Waals surface area contributed by atoms with Crippen molar-refractivity contribution >= 4 is 62.1 Å². The number of nitrogens with one attached hydrogen (secondary N) is 2. The molecule has 41 heavy (non-hydrogen) atoms. The van der Waals surface area contributed by atoms with Gasteiger partial charge in [0, 0.05) is 51.5 Å². The quantitative estimate of drug-likeness (QED) is 0.395. The molecule has 3 aromatic rings. The predicted molar refractivity (Wildman–Crippen MR) is 158 cm³/mol. The number of amides is 2. The number of anilines is 1. The summed E-state index contributed by atoms with van der Waals surface area (Å²) in [5.74, 6) is -0.815. The van der Waals surface area contributed by atoms with E-state index < -0.39 is 32.5 Å². The monoisotopic (exact) mass is 633 g/mol. The second-order valence-electron chi connectivity index (χ2n) is 10.7. The molecule has 3 aromatic carbocycles. The molecule has 4 atom stereocenters. The molecule has 0 aliphatic carbocycles. The van der Waals surface area contributed by atoms with Gasteiger partial charge in [0.05, 0.1) is 17.8 Å². The van der Waals surface area contributed by atoms with E-state index in [0.717, 1.165) is 5.56 Å². The van der Waals surface area contributed by atoms with Gasteiger partial charge in [-0.05, 0) is 60.0 Å². The predicted octanol–water partition coefficient (Wildman–Crippen LogP) is 5.29. The van der Waals surface area contributed by atoms with E-state index in [9.17, 15) is 18.0 Å². The van der Waals surface area contributed by atoms with Gasteiger partial charge >= 0.3 is 0 Å². The molecule has 2 fully saturated rings. The van der Waals surface area contributed by atoms with Crippen molar-refractivity contribution in [1.82, 2.24) is 10.4 Å². The molecule has 3 aliphatic rings. The largest absolute Gasteiger partial charge is 0.406 e. The van der Waals surface area contributed by atoms with Crippen LogP contribution in [0.3, 0.4) is 0 Å². The van der Waals surface area contributed by atoms with Crippen LogP contribution in [0.15, 0.2) is 60.7 Å². The van der Waals surface area contributed by atoms with Crippen LogP contribution in [0.25, 0.3) is 0 Å². The van der Waals surface area contributed by atoms with Crippen molar-refractivity contribution in [3.05, 3.63) is 92.4 Å². The lowest BCUT2D eigenvalue weighted by Gasteiger charge is -2.46. The lowest BCUT2D eigenvalue weighted by atomic mass is 9.59. The fourth-order valence-corrected chi connectivity index (χ4v) is 7.89. The summed E-state index contributed by atoms with van der Waals surface area (Å²) >= 11 is 19.2. The van der Waals surface area contributed by atoms with Crippen LogP contribution in [0.2, 0.25) is 15.1 Å². The van der Waals surface area contributed by atoms with Crippen molar-refractivity contribution in [1.29, 1.82) is 0 Å². The third-order valence-electron chi connectivity index (χ3n) is 8.23. The highest BCUT2D eigenvalue weighted by molar-refractivity contribution is 7.91. The zero-order valence-corrected chi connectivity index (χ0v) is 24.9. The Bertz CT molecular complexity index is 1680. The summed E-state index contributed by atoms with van der Waals surface area (Å²) < 4.78 is 24.3. The highest BCUT2D eigenvalue weighted by Gasteiger charge is 2.61. The number of fused-ring (bicyclic) bond motifs is 2. The Morgan fingerprint density at radius 1 is 0.976 bits per heavy atom. The van der Waals surface area contributed by atoms with Crippen molar-refractivity contribution in [2.75, 3.05) is 24.7 Å². The van der Waals surface area contributed by atoms with E-state index in [1.54, 1.807) is 59.7 Å². The molecule has 0 aromatic heterocycles. The van der Waals surface area contributed by atoms with Gasteiger partial charge in [-0.3, -0.25) is 9.59 Å². The number of piperidine rings is 1. The maximum absolute atomic E-state index is 14.3. The highest BCUT2D eigenvalue weighted by Crippen LogP contribution is 2.58. The molecule has 2 amide bonds. The van der Waals surface area contributed by atoms with E-state index in [0.29, 0.717) is 50.6 Å². The number of hydrogen-bond acceptors (Lipinski definition) is 6. The molecule has 0 bridgehead atoms. The molecule has 3 aliphatic heterocycles. The fraction of sp³-hybridized carbons (Fsp3) is 0.310. The molecule has 2 N–H and O–H groups in total. The van der Waals surface area contributed by atoms with Gasteiger partial charge in [0.15, 0.2) is 15.6 Å². The third-order valence-corrected chi connectivity index (χ3v) is 10.5. The van der Waals surface area contributed by atoms with Gasteiger partial charge in [-0.1, -0.05) is 53.0 Å². The Labute approximate surface area is 252 Å². The molecule has 8 nitrogen and oxygen atoms in total. The third kappa shape index (κ3) is 4.97. The topological polar surface area (TPSA) is 105 Å². The van der Waals surface area contributed by atoms with E-state index in [1.165, 1.54) is 6.26 Å². The van der Waals surface area contributed by atoms with Gasteiger partial charge in [-0.2, -0.15) is 0 Å². The van der Waals surface area contributed by atoms with E-state index in [-0.39, 0.29) is 24.8 Å². The number of halogens is 3. The van der Waals surface area contributed by atoms with Gasteiger partial charge in [0.1, 0.15) is 5.41 Å². The SMILES string of the molecule is CS(=O)(=O)C1CCN(Oc2ccc(Cl)cc2C2NC(=O)CC(c3cccc(Cl)c3)C23C(=O)Nc2cc(Cl)ccc23)C1. The minimum atomic E-state index is -3.25. The van der Waals surface area contributed by atoms with Crippen LogP contribution >= 0.6 is 34.8 Å². The van der Waals surface area contributed by atoms with Crippen molar-refractivity contribution in [2.24, 2.45) is 0 Å². The zero-order valence-electron chi connectivity index (χ0n) is 21.9. The van der Waals surface area contributed by atoms with E-state index in [2.05, 4.69) is 10.6 Å². The lowest BCUT2D eigenvalue weighted by molar-refractivity contribution is -0.131. The van der Waals surface area contributed by atoms with Gasteiger partial charge in [0.25, 0.3) is 0 Å². The molecular weight excluding hydrogens is 609 g/mol. The number of carbonyl (C=O) groups is 2. The Kier molecular flexibility index (Phi) is 7.23. The summed E-state index contributed by atoms with van der Waals surface area (Å²) in [5.41, 5.74) is 1.12. The second kappa shape index (κ2) is 10.5. The number of sulfone groups is 1. The molecule has 2 saturated heterocycles. The number of hydroxylamine groups is 2. The van der Waals surface area contributed by atoms with Crippen LogP contribution in [0.4, 0.5) is 5.69 Å². The molecule has 12 heteroatoms. The number of nitrogens with zero attached hydrogens (tertiary/aromatic N) is 1. The Hall–Kier alpha value is -2.82. The Morgan fingerprint density at radius 3 is 2.44 bits per heavy atom. The summed E-state index contributed by atoms with van der Waals surface area (Å²) in [5, 5.41) is 8.43. The normalized spacial score (nSPS) is 26.1. The summed E-state index contributed by atoms with van der Waals surface area (Å²) in [7, 11) is -3.25. The number of carbonyl (C=O) groups excluding carboxylic acids is 2. The molecule has 1 spiro atoms. The molecule has 0 radical (unpaired) electrons. The molecular formula is C29H26Cl3N3O5S. The first kappa shape index (κ1) is 28.3. The smallest absolute Gasteiger partial charge is 0.238 e. The number of rotatable bonds is 5. The minimum Gasteiger partial charge on any atom is -0.406 e. The van der Waals surface area contributed by atoms with Crippen LogP contribution in [-0.2, 0) is 24.8 Å². The van der Waals surface area contributed by atoms with Crippen molar-refractivity contribution < 1.29 is 22.8 Å². The molecule has 6 rings (SSSR count). The lowest BCUT2D eigenvalue weighted by Crippen LogP contribution is -2.57. The maximum Gasteiger partial charge on any atom is 0.238 e. The maximum atomic E-state index is 14.3. The van der Waals surface area contributed by atoms with Crippen LogP contribution in [0.5, 0.6) is 5.75 Å². The average molecular weight is 635 g/mol. The standard InChI is InChI=1S/C29H26Cl3N3O5S/c1-41(38,39)20-9-10-35(15-20)40-25-8-6-18(31)12-21(25)27-29(22-7-5-19(32)13-24(22)33-28(29)37)23(14-26(36)34-27)16-3-2-4-17(30)11-16/h2-8,11-13,20,23,27H,9-10,14-15H2,1H3,(H,33,37)(H,34,36). The summed E-state index contributed by atoms with van der Waals surface area (Å²) in [4.78, 5) is 33.9. The summed E-state index contributed by atoms with van der Waals surface area (Å²) in [6, 6.07) is 16.5.